The molecular formula is C13H16N2O5S. The average molecular weight is 312 g/mol. The van der Waals surface area contributed by atoms with Gasteiger partial charge in [0.25, 0.3) is 0 Å². The highest BCUT2D eigenvalue weighted by Crippen LogP contribution is 2.29. The maximum absolute atomic E-state index is 12.1. The first-order valence-corrected chi connectivity index (χ1v) is 8.07. The molecular weight excluding hydrogens is 296 g/mol. The van der Waals surface area contributed by atoms with E-state index in [-0.39, 0.29) is 29.5 Å². The summed E-state index contributed by atoms with van der Waals surface area (Å²) in [7, 11) is -3.49. The average Bonchev–Trinajstić information content (AvgIpc) is 2.38. The lowest BCUT2D eigenvalue weighted by atomic mass is 10.1. The van der Waals surface area contributed by atoms with Crippen molar-refractivity contribution in [1.29, 1.82) is 0 Å². The van der Waals surface area contributed by atoms with Gasteiger partial charge in [-0.1, -0.05) is 0 Å². The number of hydrogen-bond donors (Lipinski definition) is 2. The summed E-state index contributed by atoms with van der Waals surface area (Å²) in [5, 5.41) is 11.8. The van der Waals surface area contributed by atoms with Crippen molar-refractivity contribution >= 4 is 33.3 Å². The second-order valence-electron chi connectivity index (χ2n) is 4.81. The number of carboxylic acid groups (broad SMARTS) is 1. The van der Waals surface area contributed by atoms with Gasteiger partial charge in [0.05, 0.1) is 17.0 Å². The molecule has 1 aromatic rings. The molecule has 0 atom stereocenters. The summed E-state index contributed by atoms with van der Waals surface area (Å²) in [4.78, 5) is 22.4. The zero-order valence-corrected chi connectivity index (χ0v) is 12.3. The van der Waals surface area contributed by atoms with Gasteiger partial charge in [-0.25, -0.2) is 13.2 Å². The number of aromatic carboxylic acids is 1. The molecule has 0 bridgehead atoms. The highest BCUT2D eigenvalue weighted by Gasteiger charge is 2.29. The molecule has 1 fully saturated rings. The molecule has 1 amide bonds. The van der Waals surface area contributed by atoms with Crippen LogP contribution in [0.3, 0.4) is 0 Å². The van der Waals surface area contributed by atoms with Crippen LogP contribution in [0.5, 0.6) is 0 Å². The number of anilines is 2. The Labute approximate surface area is 122 Å². The summed E-state index contributed by atoms with van der Waals surface area (Å²) >= 11 is 0. The van der Waals surface area contributed by atoms with E-state index in [9.17, 15) is 23.1 Å². The van der Waals surface area contributed by atoms with Gasteiger partial charge >= 0.3 is 5.97 Å². The normalized spacial score (nSPS) is 17.3. The first kappa shape index (κ1) is 15.3. The molecule has 1 aliphatic heterocycles. The van der Waals surface area contributed by atoms with E-state index in [1.165, 1.54) is 25.1 Å². The van der Waals surface area contributed by atoms with Crippen molar-refractivity contribution in [2.24, 2.45) is 0 Å². The molecule has 1 aliphatic rings. The molecule has 0 spiro atoms. The summed E-state index contributed by atoms with van der Waals surface area (Å²) in [5.41, 5.74) is 0.307. The molecule has 0 unspecified atom stereocenters. The molecule has 8 heteroatoms. The Balaban J connectivity index is 2.48. The second-order valence-corrected chi connectivity index (χ2v) is 6.83. The van der Waals surface area contributed by atoms with E-state index in [1.807, 2.05) is 0 Å². The van der Waals surface area contributed by atoms with Gasteiger partial charge in [0, 0.05) is 19.2 Å². The van der Waals surface area contributed by atoms with E-state index in [4.69, 9.17) is 0 Å². The number of sulfonamides is 1. The number of carbonyl (C=O) groups excluding carboxylic acids is 1. The number of carboxylic acids is 1. The van der Waals surface area contributed by atoms with E-state index in [0.29, 0.717) is 18.5 Å². The van der Waals surface area contributed by atoms with Gasteiger partial charge < -0.3 is 10.4 Å². The third-order valence-corrected chi connectivity index (χ3v) is 5.02. The number of rotatable bonds is 3. The summed E-state index contributed by atoms with van der Waals surface area (Å²) < 4.78 is 25.3. The van der Waals surface area contributed by atoms with E-state index < -0.39 is 16.0 Å². The van der Waals surface area contributed by atoms with Gasteiger partial charge in [0.1, 0.15) is 0 Å². The fourth-order valence-electron chi connectivity index (χ4n) is 2.27. The zero-order chi connectivity index (χ0) is 15.6. The number of hydrogen-bond acceptors (Lipinski definition) is 4. The van der Waals surface area contributed by atoms with Gasteiger partial charge in [0.2, 0.25) is 15.9 Å². The Kier molecular flexibility index (Phi) is 4.17. The minimum absolute atomic E-state index is 0.0134. The van der Waals surface area contributed by atoms with Crippen LogP contribution >= 0.6 is 0 Å². The van der Waals surface area contributed by atoms with Crippen molar-refractivity contribution in [2.45, 2.75) is 19.8 Å². The number of carbonyl (C=O) groups is 2. The van der Waals surface area contributed by atoms with Gasteiger partial charge in [-0.05, 0) is 31.0 Å². The lowest BCUT2D eigenvalue weighted by molar-refractivity contribution is -0.114. The predicted molar refractivity (Wildman–Crippen MR) is 78.1 cm³/mol. The van der Waals surface area contributed by atoms with Gasteiger partial charge in [0.15, 0.2) is 0 Å². The minimum Gasteiger partial charge on any atom is -0.478 e. The Morgan fingerprint density at radius 1 is 1.29 bits per heavy atom. The minimum atomic E-state index is -3.49. The third-order valence-electron chi connectivity index (χ3n) is 3.17. The van der Waals surface area contributed by atoms with Gasteiger partial charge in [-0.15, -0.1) is 0 Å². The van der Waals surface area contributed by atoms with Gasteiger partial charge in [-0.2, -0.15) is 0 Å². The van der Waals surface area contributed by atoms with Crippen molar-refractivity contribution in [2.75, 3.05) is 21.9 Å². The number of nitrogens with zero attached hydrogens (tertiary/aromatic N) is 1. The highest BCUT2D eigenvalue weighted by molar-refractivity contribution is 7.92. The number of benzene rings is 1. The monoisotopic (exact) mass is 312 g/mol. The van der Waals surface area contributed by atoms with Crippen molar-refractivity contribution in [3.63, 3.8) is 0 Å². The van der Waals surface area contributed by atoms with Crippen molar-refractivity contribution in [3.8, 4) is 0 Å². The zero-order valence-electron chi connectivity index (χ0n) is 11.5. The molecule has 0 aromatic heterocycles. The molecule has 1 aromatic carbocycles. The first-order chi connectivity index (χ1) is 9.81. The molecule has 21 heavy (non-hydrogen) atoms. The fraction of sp³-hybridized carbons (Fsp3) is 0.385. The Bertz CT molecular complexity index is 684. The van der Waals surface area contributed by atoms with Crippen LogP contribution in [-0.2, 0) is 14.8 Å². The van der Waals surface area contributed by atoms with Crippen LogP contribution in [0, 0.1) is 0 Å². The molecule has 0 radical (unpaired) electrons. The van der Waals surface area contributed by atoms with Crippen LogP contribution in [0.15, 0.2) is 18.2 Å². The maximum Gasteiger partial charge on any atom is 0.337 e. The Morgan fingerprint density at radius 3 is 2.57 bits per heavy atom. The van der Waals surface area contributed by atoms with Crippen LogP contribution in [-0.4, -0.2) is 37.7 Å². The van der Waals surface area contributed by atoms with Crippen LogP contribution < -0.4 is 9.62 Å². The molecule has 7 nitrogen and oxygen atoms in total. The molecule has 114 valence electrons. The van der Waals surface area contributed by atoms with Crippen LogP contribution in [0.1, 0.15) is 30.1 Å². The fourth-order valence-corrected chi connectivity index (χ4v) is 3.92. The molecule has 0 saturated carbocycles. The van der Waals surface area contributed by atoms with Crippen molar-refractivity contribution in [3.05, 3.63) is 23.8 Å². The number of amides is 1. The Morgan fingerprint density at radius 2 is 2.00 bits per heavy atom. The third kappa shape index (κ3) is 3.33. The first-order valence-electron chi connectivity index (χ1n) is 6.46. The van der Waals surface area contributed by atoms with Crippen molar-refractivity contribution < 1.29 is 23.1 Å². The van der Waals surface area contributed by atoms with E-state index in [2.05, 4.69) is 5.32 Å². The Hall–Kier alpha value is -2.09. The standard InChI is InChI=1S/C13H16N2O5S/c1-9(16)14-10-4-5-12(11(8-10)13(17)18)15-6-2-3-7-21(15,19)20/h4-5,8H,2-3,6-7H2,1H3,(H,14,16)(H,17,18). The molecule has 2 rings (SSSR count). The van der Waals surface area contributed by atoms with Gasteiger partial charge in [-0.3, -0.25) is 9.10 Å². The molecule has 1 heterocycles. The number of nitrogens with one attached hydrogen (secondary N) is 1. The lowest BCUT2D eigenvalue weighted by Gasteiger charge is -2.29. The smallest absolute Gasteiger partial charge is 0.337 e. The summed E-state index contributed by atoms with van der Waals surface area (Å²) in [5.74, 6) is -1.55. The highest BCUT2D eigenvalue weighted by atomic mass is 32.2. The van der Waals surface area contributed by atoms with E-state index in [1.54, 1.807) is 0 Å². The summed E-state index contributed by atoms with van der Waals surface area (Å²) in [6, 6.07) is 4.17. The SMILES string of the molecule is CC(=O)Nc1ccc(N2CCCCS2(=O)=O)c(C(=O)O)c1. The lowest BCUT2D eigenvalue weighted by Crippen LogP contribution is -2.38. The van der Waals surface area contributed by atoms with Crippen LogP contribution in [0.2, 0.25) is 0 Å². The molecule has 2 N–H and O–H groups in total. The predicted octanol–water partition coefficient (Wildman–Crippen LogP) is 1.27. The van der Waals surface area contributed by atoms with E-state index >= 15 is 0 Å². The summed E-state index contributed by atoms with van der Waals surface area (Å²) in [6.07, 6.45) is 1.26. The molecule has 1 saturated heterocycles. The quantitative estimate of drug-likeness (QED) is 0.875. The largest absolute Gasteiger partial charge is 0.478 e. The summed E-state index contributed by atoms with van der Waals surface area (Å²) in [6.45, 7) is 1.57. The molecule has 0 aliphatic carbocycles. The maximum atomic E-state index is 12.1. The second kappa shape index (κ2) is 5.72. The van der Waals surface area contributed by atoms with Crippen molar-refractivity contribution in [1.82, 2.24) is 0 Å². The van der Waals surface area contributed by atoms with Crippen LogP contribution in [0.25, 0.3) is 0 Å². The van der Waals surface area contributed by atoms with E-state index in [0.717, 1.165) is 4.31 Å². The van der Waals surface area contributed by atoms with Crippen LogP contribution in [0.4, 0.5) is 11.4 Å². The topological polar surface area (TPSA) is 104 Å².